The predicted octanol–water partition coefficient (Wildman–Crippen LogP) is 7.54. The SMILES string of the molecule is CCC[CH2][Sn]([CH2]/C=C/Sc1ccccn1)([CH2]CCC)[CH2]CCC. The second kappa shape index (κ2) is 13.3. The third-order valence-electron chi connectivity index (χ3n) is 4.66. The van der Waals surface area contributed by atoms with Gasteiger partial charge in [-0.3, -0.25) is 0 Å². The van der Waals surface area contributed by atoms with Crippen LogP contribution in [0.2, 0.25) is 17.7 Å². The zero-order valence-electron chi connectivity index (χ0n) is 15.4. The first-order valence-corrected chi connectivity index (χ1v) is 18.4. The van der Waals surface area contributed by atoms with Crippen molar-refractivity contribution >= 4 is 30.1 Å². The van der Waals surface area contributed by atoms with Gasteiger partial charge in [0, 0.05) is 0 Å². The molecule has 0 fully saturated rings. The van der Waals surface area contributed by atoms with E-state index in [-0.39, 0.29) is 0 Å². The summed E-state index contributed by atoms with van der Waals surface area (Å²) >= 11 is -0.186. The summed E-state index contributed by atoms with van der Waals surface area (Å²) in [5, 5.41) is 3.41. The van der Waals surface area contributed by atoms with Crippen LogP contribution >= 0.6 is 11.8 Å². The maximum atomic E-state index is 4.39. The standard InChI is InChI=1S/C8H8NS.3C4H9.Sn/c1-2-7-10-8-5-3-4-6-9-8;3*1-3-4-2;/h2-7H,1H2;3*1,3-4H2,2H3;/b7-2+;;;;. The third kappa shape index (κ3) is 9.19. The first-order chi connectivity index (χ1) is 11.3. The quantitative estimate of drug-likeness (QED) is 0.232. The van der Waals surface area contributed by atoms with Crippen LogP contribution in [-0.2, 0) is 0 Å². The summed E-state index contributed by atoms with van der Waals surface area (Å²) in [5.74, 6) is 0. The van der Waals surface area contributed by atoms with Crippen LogP contribution in [0.25, 0.3) is 0 Å². The van der Waals surface area contributed by atoms with E-state index < -0.39 is 18.4 Å². The second-order valence-corrected chi connectivity index (χ2v) is 21.6. The fourth-order valence-electron chi connectivity index (χ4n) is 3.17. The summed E-state index contributed by atoms with van der Waals surface area (Å²) in [6.45, 7) is 7.05. The van der Waals surface area contributed by atoms with E-state index in [0.717, 1.165) is 5.03 Å². The van der Waals surface area contributed by atoms with Crippen molar-refractivity contribution in [2.45, 2.75) is 82.1 Å². The molecule has 0 amide bonds. The summed E-state index contributed by atoms with van der Waals surface area (Å²) in [6.07, 6.45) is 12.9. The molecule has 1 heterocycles. The minimum absolute atomic E-state index is 1.11. The number of hydrogen-bond acceptors (Lipinski definition) is 2. The number of aromatic nitrogens is 1. The van der Waals surface area contributed by atoms with E-state index in [4.69, 9.17) is 0 Å². The van der Waals surface area contributed by atoms with Crippen LogP contribution in [0.3, 0.4) is 0 Å². The first kappa shape index (κ1) is 21.1. The summed E-state index contributed by atoms with van der Waals surface area (Å²) in [6, 6.07) is 6.14. The number of rotatable bonds is 13. The molecule has 3 heteroatoms. The average molecular weight is 440 g/mol. The van der Waals surface area contributed by atoms with Crippen LogP contribution in [0.4, 0.5) is 0 Å². The Morgan fingerprint density at radius 3 is 2.04 bits per heavy atom. The van der Waals surface area contributed by atoms with Crippen LogP contribution < -0.4 is 0 Å². The number of hydrogen-bond donors (Lipinski definition) is 0. The molecule has 130 valence electrons. The van der Waals surface area contributed by atoms with Gasteiger partial charge in [-0.15, -0.1) is 0 Å². The molecule has 0 aliphatic rings. The number of allylic oxidation sites excluding steroid dienone is 1. The van der Waals surface area contributed by atoms with E-state index in [0.29, 0.717) is 0 Å². The zero-order chi connectivity index (χ0) is 16.8. The van der Waals surface area contributed by atoms with Gasteiger partial charge in [0.2, 0.25) is 0 Å². The van der Waals surface area contributed by atoms with Gasteiger partial charge in [-0.1, -0.05) is 0 Å². The predicted molar refractivity (Wildman–Crippen MR) is 109 cm³/mol. The van der Waals surface area contributed by atoms with Gasteiger partial charge in [0.25, 0.3) is 0 Å². The van der Waals surface area contributed by atoms with Crippen molar-refractivity contribution in [1.29, 1.82) is 0 Å². The third-order valence-corrected chi connectivity index (χ3v) is 20.7. The zero-order valence-corrected chi connectivity index (χ0v) is 19.1. The summed E-state index contributed by atoms with van der Waals surface area (Å²) in [5.41, 5.74) is 0. The Labute approximate surface area is 152 Å². The van der Waals surface area contributed by atoms with Crippen molar-refractivity contribution in [2.24, 2.45) is 0 Å². The summed E-state index contributed by atoms with van der Waals surface area (Å²) < 4.78 is 6.24. The number of thioether (sulfide) groups is 1. The van der Waals surface area contributed by atoms with Crippen LogP contribution in [-0.4, -0.2) is 23.4 Å². The summed E-state index contributed by atoms with van der Waals surface area (Å²) in [4.78, 5) is 4.39. The maximum absolute atomic E-state index is 4.39. The Morgan fingerprint density at radius 2 is 1.57 bits per heavy atom. The molecule has 1 aromatic rings. The van der Waals surface area contributed by atoms with Gasteiger partial charge in [-0.25, -0.2) is 0 Å². The van der Waals surface area contributed by atoms with E-state index in [2.05, 4.69) is 49.4 Å². The molecule has 1 aromatic heterocycles. The molecule has 0 saturated carbocycles. The average Bonchev–Trinajstić information content (AvgIpc) is 2.60. The molecular formula is C20H35NSSn. The Morgan fingerprint density at radius 1 is 0.957 bits per heavy atom. The Kier molecular flexibility index (Phi) is 12.2. The van der Waals surface area contributed by atoms with Crippen LogP contribution in [0, 0.1) is 0 Å². The molecular weight excluding hydrogens is 405 g/mol. The van der Waals surface area contributed by atoms with Crippen molar-refractivity contribution in [3.8, 4) is 0 Å². The van der Waals surface area contributed by atoms with Crippen LogP contribution in [0.5, 0.6) is 0 Å². The Hall–Kier alpha value is 0.0387. The van der Waals surface area contributed by atoms with E-state index >= 15 is 0 Å². The van der Waals surface area contributed by atoms with Gasteiger partial charge < -0.3 is 0 Å². The van der Waals surface area contributed by atoms with Crippen molar-refractivity contribution in [1.82, 2.24) is 4.98 Å². The Bertz CT molecular complexity index is 397. The van der Waals surface area contributed by atoms with Crippen molar-refractivity contribution in [3.63, 3.8) is 0 Å². The first-order valence-electron chi connectivity index (χ1n) is 9.49. The van der Waals surface area contributed by atoms with Gasteiger partial charge in [0.05, 0.1) is 0 Å². The van der Waals surface area contributed by atoms with E-state index in [1.165, 1.54) is 43.0 Å². The van der Waals surface area contributed by atoms with Gasteiger partial charge in [0.1, 0.15) is 0 Å². The topological polar surface area (TPSA) is 12.9 Å². The van der Waals surface area contributed by atoms with E-state index in [1.54, 1.807) is 25.1 Å². The molecule has 1 nitrogen and oxygen atoms in total. The minimum atomic E-state index is -1.96. The molecule has 0 saturated heterocycles. The van der Waals surface area contributed by atoms with Gasteiger partial charge in [0.15, 0.2) is 0 Å². The number of nitrogens with zero attached hydrogens (tertiary/aromatic N) is 1. The fourth-order valence-corrected chi connectivity index (χ4v) is 19.4. The van der Waals surface area contributed by atoms with Gasteiger partial charge in [-0.2, -0.15) is 0 Å². The molecule has 0 atom stereocenters. The molecule has 0 spiro atoms. The molecule has 1 rings (SSSR count). The van der Waals surface area contributed by atoms with Crippen LogP contribution in [0.15, 0.2) is 40.9 Å². The number of pyridine rings is 1. The fraction of sp³-hybridized carbons (Fsp3) is 0.650. The van der Waals surface area contributed by atoms with Gasteiger partial charge >= 0.3 is 153 Å². The molecule has 0 radical (unpaired) electrons. The van der Waals surface area contributed by atoms with E-state index in [1.807, 2.05) is 12.3 Å². The molecule has 0 aliphatic carbocycles. The molecule has 0 unspecified atom stereocenters. The molecule has 0 bridgehead atoms. The second-order valence-electron chi connectivity index (χ2n) is 6.67. The molecule has 0 N–H and O–H groups in total. The number of unbranched alkanes of at least 4 members (excludes halogenated alkanes) is 3. The molecule has 0 aromatic carbocycles. The molecule has 0 aliphatic heterocycles. The van der Waals surface area contributed by atoms with Crippen molar-refractivity contribution in [3.05, 3.63) is 35.9 Å². The molecule has 23 heavy (non-hydrogen) atoms. The van der Waals surface area contributed by atoms with E-state index in [9.17, 15) is 0 Å². The van der Waals surface area contributed by atoms with Crippen molar-refractivity contribution < 1.29 is 0 Å². The van der Waals surface area contributed by atoms with Crippen LogP contribution in [0.1, 0.15) is 59.3 Å². The summed E-state index contributed by atoms with van der Waals surface area (Å²) in [7, 11) is 0. The monoisotopic (exact) mass is 441 g/mol. The Balaban J connectivity index is 2.63. The van der Waals surface area contributed by atoms with Crippen molar-refractivity contribution in [2.75, 3.05) is 0 Å². The normalized spacial score (nSPS) is 12.1. The van der Waals surface area contributed by atoms with Gasteiger partial charge in [-0.05, 0) is 0 Å².